The Morgan fingerprint density at radius 2 is 1.76 bits per heavy atom. The van der Waals surface area contributed by atoms with E-state index in [0.717, 1.165) is 6.07 Å². The van der Waals surface area contributed by atoms with E-state index in [4.69, 9.17) is 14.2 Å². The zero-order chi connectivity index (χ0) is 23.8. The number of nitrogens with zero attached hydrogens (tertiary/aromatic N) is 1. The number of hydrogen-bond donors (Lipinski definition) is 3. The average Bonchev–Trinajstić information content (AvgIpc) is 2.80. The summed E-state index contributed by atoms with van der Waals surface area (Å²) in [5, 5.41) is 22.9. The molecule has 3 N–H and O–H groups in total. The van der Waals surface area contributed by atoms with Gasteiger partial charge < -0.3 is 24.4 Å². The zero-order valence-electron chi connectivity index (χ0n) is 17.9. The molecule has 0 fully saturated rings. The van der Waals surface area contributed by atoms with Crippen LogP contribution in [0.2, 0.25) is 0 Å². The molecule has 0 saturated carbocycles. The summed E-state index contributed by atoms with van der Waals surface area (Å²) in [5.74, 6) is -0.586. The predicted molar refractivity (Wildman–Crippen MR) is 120 cm³/mol. The first-order valence-electron chi connectivity index (χ1n) is 9.89. The van der Waals surface area contributed by atoms with Crippen LogP contribution in [-0.2, 0) is 0 Å². The number of nitrogens with one attached hydrogen (secondary N) is 1. The summed E-state index contributed by atoms with van der Waals surface area (Å²) in [7, 11) is 1.43. The average molecular weight is 450 g/mol. The van der Waals surface area contributed by atoms with Gasteiger partial charge in [-0.05, 0) is 67.1 Å². The van der Waals surface area contributed by atoms with Gasteiger partial charge in [0.1, 0.15) is 17.2 Å². The van der Waals surface area contributed by atoms with Crippen molar-refractivity contribution in [2.24, 2.45) is 5.10 Å². The van der Waals surface area contributed by atoms with Gasteiger partial charge in [-0.15, -0.1) is 0 Å². The molecule has 0 saturated heterocycles. The zero-order valence-corrected chi connectivity index (χ0v) is 17.9. The Bertz CT molecular complexity index is 1170. The molecule has 0 radical (unpaired) electrons. The van der Waals surface area contributed by atoms with Crippen LogP contribution in [0, 0.1) is 0 Å². The van der Waals surface area contributed by atoms with Crippen molar-refractivity contribution in [2.75, 3.05) is 13.7 Å². The van der Waals surface area contributed by atoms with Crippen LogP contribution in [0.4, 0.5) is 0 Å². The molecule has 0 unspecified atom stereocenters. The van der Waals surface area contributed by atoms with E-state index in [-0.39, 0.29) is 22.8 Å². The molecule has 0 bridgehead atoms. The van der Waals surface area contributed by atoms with Gasteiger partial charge in [0, 0.05) is 6.07 Å². The number of rotatable bonds is 8. The molecule has 0 aromatic heterocycles. The Labute approximate surface area is 189 Å². The molecule has 3 rings (SSSR count). The minimum Gasteiger partial charge on any atom is -0.508 e. The molecule has 0 aliphatic heterocycles. The third-order valence-electron chi connectivity index (χ3n) is 4.40. The predicted octanol–water partition coefficient (Wildman–Crippen LogP) is 3.49. The van der Waals surface area contributed by atoms with Crippen LogP contribution in [0.3, 0.4) is 0 Å². The van der Waals surface area contributed by atoms with E-state index in [9.17, 15) is 19.8 Å². The Balaban J connectivity index is 1.66. The summed E-state index contributed by atoms with van der Waals surface area (Å²) >= 11 is 0. The second kappa shape index (κ2) is 10.7. The lowest BCUT2D eigenvalue weighted by Gasteiger charge is -2.10. The molecule has 3 aromatic carbocycles. The van der Waals surface area contributed by atoms with E-state index < -0.39 is 11.9 Å². The van der Waals surface area contributed by atoms with Crippen molar-refractivity contribution in [2.45, 2.75) is 6.92 Å². The minimum absolute atomic E-state index is 0.0425. The highest BCUT2D eigenvalue weighted by molar-refractivity contribution is 5.97. The van der Waals surface area contributed by atoms with Crippen LogP contribution in [0.15, 0.2) is 65.8 Å². The minimum atomic E-state index is -0.656. The van der Waals surface area contributed by atoms with Crippen LogP contribution < -0.4 is 19.6 Å². The summed E-state index contributed by atoms with van der Waals surface area (Å²) in [6.45, 7) is 2.40. The number of hydrazone groups is 1. The van der Waals surface area contributed by atoms with Crippen LogP contribution >= 0.6 is 0 Å². The van der Waals surface area contributed by atoms with Crippen molar-refractivity contribution in [3.63, 3.8) is 0 Å². The fraction of sp³-hybridized carbons (Fsp3) is 0.125. The maximum atomic E-state index is 12.4. The number of carbonyl (C=O) groups is 2. The fourth-order valence-corrected chi connectivity index (χ4v) is 2.80. The van der Waals surface area contributed by atoms with Gasteiger partial charge in [0.25, 0.3) is 5.91 Å². The first kappa shape index (κ1) is 23.1. The molecular formula is C24H22N2O7. The lowest BCUT2D eigenvalue weighted by molar-refractivity contribution is 0.0729. The van der Waals surface area contributed by atoms with Gasteiger partial charge in [-0.3, -0.25) is 4.79 Å². The summed E-state index contributed by atoms with van der Waals surface area (Å²) in [5.41, 5.74) is 3.15. The standard InChI is InChI=1S/C24H22N2O7/c1-3-32-18-8-5-16(6-9-18)24(30)33-21-11-4-15(12-22(21)31-2)14-25-26-23(29)19-10-7-17(27)13-20(19)28/h4-14,27-28H,3H2,1-2H3,(H,26,29)/b25-14+. The first-order chi connectivity index (χ1) is 15.9. The maximum Gasteiger partial charge on any atom is 0.343 e. The van der Waals surface area contributed by atoms with Crippen molar-refractivity contribution >= 4 is 18.1 Å². The number of ether oxygens (including phenoxy) is 3. The van der Waals surface area contributed by atoms with Gasteiger partial charge in [-0.2, -0.15) is 5.10 Å². The van der Waals surface area contributed by atoms with Gasteiger partial charge in [0.2, 0.25) is 0 Å². The van der Waals surface area contributed by atoms with Crippen molar-refractivity contribution < 1.29 is 34.0 Å². The van der Waals surface area contributed by atoms with Crippen molar-refractivity contribution in [3.8, 4) is 28.7 Å². The highest BCUT2D eigenvalue weighted by Gasteiger charge is 2.14. The van der Waals surface area contributed by atoms with Gasteiger partial charge >= 0.3 is 5.97 Å². The van der Waals surface area contributed by atoms with Crippen LogP contribution in [0.25, 0.3) is 0 Å². The second-order valence-electron chi connectivity index (χ2n) is 6.66. The van der Waals surface area contributed by atoms with Gasteiger partial charge in [-0.25, -0.2) is 10.2 Å². The lowest BCUT2D eigenvalue weighted by Crippen LogP contribution is -2.17. The summed E-state index contributed by atoms with van der Waals surface area (Å²) in [4.78, 5) is 24.5. The SMILES string of the molecule is CCOc1ccc(C(=O)Oc2ccc(/C=N/NC(=O)c3ccc(O)cc3O)cc2OC)cc1. The number of esters is 1. The van der Waals surface area contributed by atoms with Crippen molar-refractivity contribution in [3.05, 3.63) is 77.4 Å². The molecular weight excluding hydrogens is 428 g/mol. The molecule has 0 atom stereocenters. The molecule has 0 aliphatic rings. The van der Waals surface area contributed by atoms with E-state index >= 15 is 0 Å². The number of phenolic OH excluding ortho intramolecular Hbond substituents is 2. The number of methoxy groups -OCH3 is 1. The molecule has 3 aromatic rings. The van der Waals surface area contributed by atoms with E-state index in [1.165, 1.54) is 25.5 Å². The maximum absolute atomic E-state index is 12.4. The first-order valence-corrected chi connectivity index (χ1v) is 9.89. The Morgan fingerprint density at radius 3 is 2.42 bits per heavy atom. The second-order valence-corrected chi connectivity index (χ2v) is 6.66. The van der Waals surface area contributed by atoms with Crippen LogP contribution in [0.1, 0.15) is 33.2 Å². The number of carbonyl (C=O) groups excluding carboxylic acids is 2. The number of benzene rings is 3. The normalized spacial score (nSPS) is 10.6. The summed E-state index contributed by atoms with van der Waals surface area (Å²) < 4.78 is 16.1. The van der Waals surface area contributed by atoms with Gasteiger partial charge in [0.05, 0.1) is 31.1 Å². The van der Waals surface area contributed by atoms with Gasteiger partial charge in [0.15, 0.2) is 11.5 Å². The quantitative estimate of drug-likeness (QED) is 0.207. The molecule has 0 heterocycles. The molecule has 0 aliphatic carbocycles. The van der Waals surface area contributed by atoms with Crippen LogP contribution in [0.5, 0.6) is 28.7 Å². The lowest BCUT2D eigenvalue weighted by atomic mass is 10.2. The smallest absolute Gasteiger partial charge is 0.343 e. The number of phenols is 2. The highest BCUT2D eigenvalue weighted by atomic mass is 16.6. The molecule has 9 nitrogen and oxygen atoms in total. The molecule has 170 valence electrons. The van der Waals surface area contributed by atoms with Crippen LogP contribution in [-0.4, -0.2) is 42.0 Å². The molecule has 9 heteroatoms. The van der Waals surface area contributed by atoms with Crippen molar-refractivity contribution in [1.82, 2.24) is 5.43 Å². The largest absolute Gasteiger partial charge is 0.508 e. The number of amides is 1. The Kier molecular flexibility index (Phi) is 7.48. The molecule has 33 heavy (non-hydrogen) atoms. The summed E-state index contributed by atoms with van der Waals surface area (Å²) in [6.07, 6.45) is 1.36. The third-order valence-corrected chi connectivity index (χ3v) is 4.40. The monoisotopic (exact) mass is 450 g/mol. The fourth-order valence-electron chi connectivity index (χ4n) is 2.80. The highest BCUT2D eigenvalue weighted by Crippen LogP contribution is 2.28. The Morgan fingerprint density at radius 1 is 1.00 bits per heavy atom. The Hall–Kier alpha value is -4.53. The van der Waals surface area contributed by atoms with E-state index in [2.05, 4.69) is 10.5 Å². The van der Waals surface area contributed by atoms with E-state index in [0.29, 0.717) is 29.2 Å². The number of hydrogen-bond acceptors (Lipinski definition) is 8. The van der Waals surface area contributed by atoms with Gasteiger partial charge in [-0.1, -0.05) is 0 Å². The van der Waals surface area contributed by atoms with Crippen molar-refractivity contribution in [1.29, 1.82) is 0 Å². The third kappa shape index (κ3) is 6.01. The molecule has 0 spiro atoms. The molecule has 1 amide bonds. The number of aromatic hydroxyl groups is 2. The topological polar surface area (TPSA) is 127 Å². The van der Waals surface area contributed by atoms with E-state index in [1.54, 1.807) is 42.5 Å². The summed E-state index contributed by atoms with van der Waals surface area (Å²) in [6, 6.07) is 14.9. The van der Waals surface area contributed by atoms with E-state index in [1.807, 2.05) is 6.92 Å².